The van der Waals surface area contributed by atoms with Gasteiger partial charge in [0.25, 0.3) is 5.91 Å². The summed E-state index contributed by atoms with van der Waals surface area (Å²) in [5.74, 6) is -0.535. The molecule has 0 saturated heterocycles. The number of nitrogens with zero attached hydrogens (tertiary/aromatic N) is 2. The van der Waals surface area contributed by atoms with Crippen LogP contribution in [0.25, 0.3) is 0 Å². The van der Waals surface area contributed by atoms with E-state index in [9.17, 15) is 13.2 Å². The summed E-state index contributed by atoms with van der Waals surface area (Å²) < 4.78 is 26.2. The molecule has 25 heavy (non-hydrogen) atoms. The van der Waals surface area contributed by atoms with Crippen molar-refractivity contribution in [2.24, 2.45) is 0 Å². The molecule has 0 unspecified atom stereocenters. The van der Waals surface area contributed by atoms with Crippen molar-refractivity contribution in [3.8, 4) is 0 Å². The second-order valence-corrected chi connectivity index (χ2v) is 7.76. The summed E-state index contributed by atoms with van der Waals surface area (Å²) in [4.78, 5) is 16.3. The van der Waals surface area contributed by atoms with Gasteiger partial charge in [0.15, 0.2) is 0 Å². The molecule has 0 atom stereocenters. The lowest BCUT2D eigenvalue weighted by molar-refractivity contribution is 0.102. The number of rotatable bonds is 6. The molecular weight excluding hydrogens is 385 g/mol. The molecule has 9 heteroatoms. The van der Waals surface area contributed by atoms with Gasteiger partial charge in [0.05, 0.1) is 9.92 Å². The Morgan fingerprint density at radius 1 is 1.08 bits per heavy atom. The monoisotopic (exact) mass is 401 g/mol. The van der Waals surface area contributed by atoms with Gasteiger partial charge in [-0.2, -0.15) is 4.31 Å². The highest BCUT2D eigenvalue weighted by molar-refractivity contribution is 7.89. The van der Waals surface area contributed by atoms with Gasteiger partial charge in [-0.3, -0.25) is 4.79 Å². The number of sulfonamides is 1. The summed E-state index contributed by atoms with van der Waals surface area (Å²) in [5.41, 5.74) is 0.412. The quantitative estimate of drug-likeness (QED) is 0.748. The number of halogens is 2. The van der Waals surface area contributed by atoms with Crippen molar-refractivity contribution in [3.05, 3.63) is 52.3 Å². The molecular formula is C16H17Cl2N3O3S. The summed E-state index contributed by atoms with van der Waals surface area (Å²) in [6, 6.07) is 8.85. The van der Waals surface area contributed by atoms with E-state index in [1.54, 1.807) is 13.8 Å². The average molecular weight is 402 g/mol. The maximum Gasteiger partial charge on any atom is 0.275 e. The first-order valence-electron chi connectivity index (χ1n) is 7.53. The van der Waals surface area contributed by atoms with E-state index in [0.29, 0.717) is 18.8 Å². The highest BCUT2D eigenvalue weighted by Gasteiger charge is 2.21. The number of carbonyl (C=O) groups is 1. The molecule has 0 bridgehead atoms. The molecule has 0 aliphatic carbocycles. The minimum atomic E-state index is -3.54. The molecule has 1 aromatic carbocycles. The van der Waals surface area contributed by atoms with Crippen LogP contribution in [0, 0.1) is 0 Å². The molecule has 0 radical (unpaired) electrons. The predicted molar refractivity (Wildman–Crippen MR) is 98.8 cm³/mol. The third kappa shape index (κ3) is 4.49. The minimum Gasteiger partial charge on any atom is -0.321 e. The molecule has 1 aromatic heterocycles. The number of aromatic nitrogens is 1. The Hall–Kier alpha value is -1.67. The summed E-state index contributed by atoms with van der Waals surface area (Å²) >= 11 is 11.7. The van der Waals surface area contributed by atoms with Crippen LogP contribution in [-0.2, 0) is 10.0 Å². The van der Waals surface area contributed by atoms with Crippen LogP contribution in [0.3, 0.4) is 0 Å². The van der Waals surface area contributed by atoms with Gasteiger partial charge in [-0.05, 0) is 36.4 Å². The Morgan fingerprint density at radius 2 is 1.68 bits per heavy atom. The molecule has 134 valence electrons. The second kappa shape index (κ2) is 8.14. The van der Waals surface area contributed by atoms with Crippen LogP contribution in [-0.4, -0.2) is 36.7 Å². The maximum atomic E-state index is 12.4. The van der Waals surface area contributed by atoms with E-state index in [2.05, 4.69) is 10.3 Å². The van der Waals surface area contributed by atoms with Crippen LogP contribution in [0.15, 0.2) is 41.3 Å². The van der Waals surface area contributed by atoms with Crippen molar-refractivity contribution in [3.63, 3.8) is 0 Å². The van der Waals surface area contributed by atoms with E-state index >= 15 is 0 Å². The van der Waals surface area contributed by atoms with Crippen molar-refractivity contribution in [1.29, 1.82) is 0 Å². The number of benzene rings is 1. The van der Waals surface area contributed by atoms with E-state index in [-0.39, 0.29) is 20.8 Å². The number of nitrogens with one attached hydrogen (secondary N) is 1. The fraction of sp³-hybridized carbons (Fsp3) is 0.250. The van der Waals surface area contributed by atoms with Crippen LogP contribution in [0.1, 0.15) is 24.3 Å². The van der Waals surface area contributed by atoms with E-state index in [0.717, 1.165) is 0 Å². The molecule has 2 rings (SSSR count). The number of amides is 1. The first kappa shape index (κ1) is 19.7. The second-order valence-electron chi connectivity index (χ2n) is 5.03. The van der Waals surface area contributed by atoms with Gasteiger partial charge in [-0.25, -0.2) is 13.4 Å². The molecule has 0 aliphatic rings. The lowest BCUT2D eigenvalue weighted by Gasteiger charge is -2.18. The molecule has 0 saturated carbocycles. The molecule has 2 aromatic rings. The third-order valence-corrected chi connectivity index (χ3v) is 6.06. The summed E-state index contributed by atoms with van der Waals surface area (Å²) in [6.07, 6.45) is 0. The van der Waals surface area contributed by atoms with Crippen molar-refractivity contribution in [2.45, 2.75) is 18.7 Å². The smallest absolute Gasteiger partial charge is 0.275 e. The fourth-order valence-electron chi connectivity index (χ4n) is 2.19. The molecule has 0 spiro atoms. The molecule has 0 fully saturated rings. The number of pyridine rings is 1. The molecule has 6 nitrogen and oxygen atoms in total. The highest BCUT2D eigenvalue weighted by Crippen LogP contribution is 2.21. The zero-order chi connectivity index (χ0) is 18.6. The van der Waals surface area contributed by atoms with E-state index in [4.69, 9.17) is 23.2 Å². The van der Waals surface area contributed by atoms with Crippen LogP contribution in [0.4, 0.5) is 5.69 Å². The lowest BCUT2D eigenvalue weighted by atomic mass is 10.3. The van der Waals surface area contributed by atoms with Crippen LogP contribution in [0.5, 0.6) is 0 Å². The van der Waals surface area contributed by atoms with Crippen LogP contribution in [0.2, 0.25) is 10.2 Å². The first-order valence-corrected chi connectivity index (χ1v) is 9.72. The van der Waals surface area contributed by atoms with Crippen LogP contribution >= 0.6 is 23.2 Å². The van der Waals surface area contributed by atoms with Crippen molar-refractivity contribution < 1.29 is 13.2 Å². The molecule has 0 aliphatic heterocycles. The SMILES string of the molecule is CCN(CC)S(=O)(=O)c1ccc(NC(=O)c2nc(Cl)ccc2Cl)cc1. The molecule has 1 N–H and O–H groups in total. The fourth-order valence-corrected chi connectivity index (χ4v) is 3.99. The van der Waals surface area contributed by atoms with E-state index in [1.807, 2.05) is 0 Å². The number of anilines is 1. The Labute approximate surface area is 156 Å². The number of carbonyl (C=O) groups excluding carboxylic acids is 1. The van der Waals surface area contributed by atoms with Gasteiger partial charge in [-0.15, -0.1) is 0 Å². The van der Waals surface area contributed by atoms with Gasteiger partial charge >= 0.3 is 0 Å². The first-order chi connectivity index (χ1) is 11.8. The predicted octanol–water partition coefficient (Wildman–Crippen LogP) is 3.67. The molecule has 1 heterocycles. The topological polar surface area (TPSA) is 79.4 Å². The van der Waals surface area contributed by atoms with Gasteiger partial charge < -0.3 is 5.32 Å². The zero-order valence-electron chi connectivity index (χ0n) is 13.7. The standard InChI is InChI=1S/C16H17Cl2N3O3S/c1-3-21(4-2)25(23,24)12-7-5-11(6-8-12)19-16(22)15-13(17)9-10-14(18)20-15/h5-10H,3-4H2,1-2H3,(H,19,22). The zero-order valence-corrected chi connectivity index (χ0v) is 16.0. The summed E-state index contributed by atoms with van der Waals surface area (Å²) in [7, 11) is -3.54. The number of hydrogen-bond acceptors (Lipinski definition) is 4. The highest BCUT2D eigenvalue weighted by atomic mass is 35.5. The largest absolute Gasteiger partial charge is 0.321 e. The minimum absolute atomic E-state index is 0.00555. The Morgan fingerprint density at radius 3 is 2.24 bits per heavy atom. The average Bonchev–Trinajstić information content (AvgIpc) is 2.58. The summed E-state index contributed by atoms with van der Waals surface area (Å²) in [5, 5.41) is 2.93. The van der Waals surface area contributed by atoms with Crippen molar-refractivity contribution >= 4 is 44.8 Å². The van der Waals surface area contributed by atoms with Crippen molar-refractivity contribution in [2.75, 3.05) is 18.4 Å². The van der Waals surface area contributed by atoms with Gasteiger partial charge in [0, 0.05) is 18.8 Å². The molecule has 1 amide bonds. The Kier molecular flexibility index (Phi) is 6.40. The Balaban J connectivity index is 2.21. The van der Waals surface area contributed by atoms with Gasteiger partial charge in [-0.1, -0.05) is 37.0 Å². The third-order valence-electron chi connectivity index (χ3n) is 3.48. The van der Waals surface area contributed by atoms with Crippen LogP contribution < -0.4 is 5.32 Å². The number of hydrogen-bond donors (Lipinski definition) is 1. The van der Waals surface area contributed by atoms with Gasteiger partial charge in [0.1, 0.15) is 10.8 Å². The normalized spacial score (nSPS) is 11.6. The van der Waals surface area contributed by atoms with E-state index < -0.39 is 15.9 Å². The Bertz CT molecular complexity index is 867. The summed E-state index contributed by atoms with van der Waals surface area (Å²) in [6.45, 7) is 4.32. The van der Waals surface area contributed by atoms with Gasteiger partial charge in [0.2, 0.25) is 10.0 Å². The van der Waals surface area contributed by atoms with Crippen molar-refractivity contribution in [1.82, 2.24) is 9.29 Å². The van der Waals surface area contributed by atoms with E-state index in [1.165, 1.54) is 40.7 Å². The lowest BCUT2D eigenvalue weighted by Crippen LogP contribution is -2.30. The maximum absolute atomic E-state index is 12.4.